The third-order valence-electron chi connectivity index (χ3n) is 2.94. The van der Waals surface area contributed by atoms with Gasteiger partial charge in [-0.3, -0.25) is 0 Å². The van der Waals surface area contributed by atoms with Gasteiger partial charge in [-0.2, -0.15) is 9.78 Å². The lowest BCUT2D eigenvalue weighted by molar-refractivity contribution is 0.714. The summed E-state index contributed by atoms with van der Waals surface area (Å²) in [4.78, 5) is 0. The highest BCUT2D eigenvalue weighted by molar-refractivity contribution is 7.99. The molecule has 0 radical (unpaired) electrons. The highest BCUT2D eigenvalue weighted by Gasteiger charge is 2.18. The number of benzene rings is 1. The number of hydrogen-bond donors (Lipinski definition) is 0. The number of fused-ring (bicyclic) bond motifs is 1. The van der Waals surface area contributed by atoms with Crippen molar-refractivity contribution in [3.63, 3.8) is 0 Å². The van der Waals surface area contributed by atoms with Gasteiger partial charge in [0.05, 0.1) is 5.71 Å². The van der Waals surface area contributed by atoms with Crippen LogP contribution >= 0.6 is 11.8 Å². The average molecular weight is 258 g/mol. The molecular formula is C13H14N4S. The molecule has 0 amide bonds. The second kappa shape index (κ2) is 4.57. The zero-order valence-electron chi connectivity index (χ0n) is 10.4. The Morgan fingerprint density at radius 3 is 2.72 bits per heavy atom. The van der Waals surface area contributed by atoms with Crippen LogP contribution in [0.1, 0.15) is 23.9 Å². The Labute approximate surface area is 110 Å². The van der Waals surface area contributed by atoms with E-state index >= 15 is 0 Å². The smallest absolute Gasteiger partial charge is 0.191 e. The summed E-state index contributed by atoms with van der Waals surface area (Å²) in [5.41, 5.74) is 3.53. The molecule has 1 aromatic carbocycles. The fraction of sp³-hybridized carbons (Fsp3) is 0.308. The summed E-state index contributed by atoms with van der Waals surface area (Å²) in [7, 11) is 0. The van der Waals surface area contributed by atoms with E-state index in [2.05, 4.69) is 53.4 Å². The standard InChI is InChI=1S/C13H14N4S/c1-3-12-14-15-13-17(12)16-11(8-18-13)10-6-4-9(2)5-7-10/h4-7H,3,8H2,1-2H3. The minimum atomic E-state index is 0.845. The third kappa shape index (κ3) is 1.95. The van der Waals surface area contributed by atoms with Crippen LogP contribution in [0, 0.1) is 6.92 Å². The molecule has 0 unspecified atom stereocenters. The average Bonchev–Trinajstić information content (AvgIpc) is 2.81. The van der Waals surface area contributed by atoms with Gasteiger partial charge in [-0.25, -0.2) is 0 Å². The molecule has 0 bridgehead atoms. The van der Waals surface area contributed by atoms with Gasteiger partial charge in [0.1, 0.15) is 0 Å². The van der Waals surface area contributed by atoms with E-state index in [0.29, 0.717) is 0 Å². The molecule has 0 fully saturated rings. The van der Waals surface area contributed by atoms with Crippen molar-refractivity contribution < 1.29 is 0 Å². The molecule has 92 valence electrons. The lowest BCUT2D eigenvalue weighted by Crippen LogP contribution is -2.14. The molecule has 5 heteroatoms. The van der Waals surface area contributed by atoms with Crippen LogP contribution in [0.3, 0.4) is 0 Å². The Balaban J connectivity index is 2.02. The third-order valence-corrected chi connectivity index (χ3v) is 3.87. The summed E-state index contributed by atoms with van der Waals surface area (Å²) in [6.07, 6.45) is 0.845. The van der Waals surface area contributed by atoms with Crippen molar-refractivity contribution in [3.8, 4) is 0 Å². The highest BCUT2D eigenvalue weighted by Crippen LogP contribution is 2.24. The molecule has 0 atom stereocenters. The molecule has 18 heavy (non-hydrogen) atoms. The molecule has 0 spiro atoms. The summed E-state index contributed by atoms with van der Waals surface area (Å²) < 4.78 is 1.86. The van der Waals surface area contributed by atoms with Crippen LogP contribution in [0.15, 0.2) is 34.5 Å². The van der Waals surface area contributed by atoms with Crippen molar-refractivity contribution in [2.75, 3.05) is 5.75 Å². The Kier molecular flexibility index (Phi) is 2.91. The molecule has 1 aliphatic heterocycles. The fourth-order valence-electron chi connectivity index (χ4n) is 1.88. The van der Waals surface area contributed by atoms with E-state index in [1.54, 1.807) is 11.8 Å². The van der Waals surface area contributed by atoms with Gasteiger partial charge in [0.15, 0.2) is 5.82 Å². The van der Waals surface area contributed by atoms with E-state index in [1.165, 1.54) is 11.1 Å². The first kappa shape index (κ1) is 11.5. The number of rotatable bonds is 2. The minimum absolute atomic E-state index is 0.845. The highest BCUT2D eigenvalue weighted by atomic mass is 32.2. The predicted octanol–water partition coefficient (Wildman–Crippen LogP) is 2.51. The summed E-state index contributed by atoms with van der Waals surface area (Å²) >= 11 is 1.69. The van der Waals surface area contributed by atoms with Crippen molar-refractivity contribution in [1.29, 1.82) is 0 Å². The van der Waals surface area contributed by atoms with Gasteiger partial charge in [-0.05, 0) is 12.5 Å². The first-order chi connectivity index (χ1) is 8.78. The Morgan fingerprint density at radius 2 is 2.00 bits per heavy atom. The molecule has 1 aliphatic rings. The SMILES string of the molecule is CCc1nnc2n1N=C(c1ccc(C)cc1)CS2. The van der Waals surface area contributed by atoms with Gasteiger partial charge in [0.2, 0.25) is 5.16 Å². The monoisotopic (exact) mass is 258 g/mol. The number of thioether (sulfide) groups is 1. The molecule has 0 aliphatic carbocycles. The fourth-order valence-corrected chi connectivity index (χ4v) is 2.73. The van der Waals surface area contributed by atoms with Gasteiger partial charge in [0, 0.05) is 12.2 Å². The van der Waals surface area contributed by atoms with E-state index in [9.17, 15) is 0 Å². The summed E-state index contributed by atoms with van der Waals surface area (Å²) in [5, 5.41) is 13.8. The molecule has 2 aromatic rings. The van der Waals surface area contributed by atoms with Crippen molar-refractivity contribution in [3.05, 3.63) is 41.2 Å². The van der Waals surface area contributed by atoms with E-state index in [4.69, 9.17) is 0 Å². The Hall–Kier alpha value is -1.62. The molecule has 0 saturated heterocycles. The first-order valence-corrected chi connectivity index (χ1v) is 6.98. The molecule has 0 N–H and O–H groups in total. The molecule has 3 rings (SSSR count). The molecule has 1 aromatic heterocycles. The van der Waals surface area contributed by atoms with E-state index in [-0.39, 0.29) is 0 Å². The van der Waals surface area contributed by atoms with Gasteiger partial charge in [0.25, 0.3) is 0 Å². The van der Waals surface area contributed by atoms with Gasteiger partial charge in [-0.1, -0.05) is 48.5 Å². The zero-order chi connectivity index (χ0) is 12.5. The van der Waals surface area contributed by atoms with Crippen LogP contribution in [-0.4, -0.2) is 26.3 Å². The van der Waals surface area contributed by atoms with Crippen LogP contribution in [0.4, 0.5) is 0 Å². The second-order valence-electron chi connectivity index (χ2n) is 4.27. The van der Waals surface area contributed by atoms with Gasteiger partial charge < -0.3 is 0 Å². The quantitative estimate of drug-likeness (QED) is 0.831. The largest absolute Gasteiger partial charge is 0.212 e. The lowest BCUT2D eigenvalue weighted by atomic mass is 10.1. The molecule has 4 nitrogen and oxygen atoms in total. The van der Waals surface area contributed by atoms with Crippen LogP contribution in [0.25, 0.3) is 0 Å². The zero-order valence-corrected chi connectivity index (χ0v) is 11.2. The number of hydrogen-bond acceptors (Lipinski definition) is 4. The molecular weight excluding hydrogens is 244 g/mol. The van der Waals surface area contributed by atoms with Gasteiger partial charge >= 0.3 is 0 Å². The van der Waals surface area contributed by atoms with Crippen LogP contribution < -0.4 is 0 Å². The van der Waals surface area contributed by atoms with Crippen molar-refractivity contribution >= 4 is 17.5 Å². The van der Waals surface area contributed by atoms with Crippen LogP contribution in [-0.2, 0) is 6.42 Å². The normalized spacial score (nSPS) is 14.2. The second-order valence-corrected chi connectivity index (χ2v) is 5.21. The van der Waals surface area contributed by atoms with Crippen LogP contribution in [0.2, 0.25) is 0 Å². The van der Waals surface area contributed by atoms with Crippen LogP contribution in [0.5, 0.6) is 0 Å². The predicted molar refractivity (Wildman–Crippen MR) is 73.2 cm³/mol. The van der Waals surface area contributed by atoms with Gasteiger partial charge in [-0.15, -0.1) is 10.2 Å². The van der Waals surface area contributed by atoms with E-state index in [1.807, 2.05) is 4.68 Å². The molecule has 0 saturated carbocycles. The van der Waals surface area contributed by atoms with Crippen molar-refractivity contribution in [2.24, 2.45) is 5.10 Å². The van der Waals surface area contributed by atoms with Crippen molar-refractivity contribution in [1.82, 2.24) is 14.9 Å². The summed E-state index contributed by atoms with van der Waals surface area (Å²) in [5.74, 6) is 1.77. The number of aromatic nitrogens is 3. The maximum absolute atomic E-state index is 4.66. The Bertz CT molecular complexity index is 598. The first-order valence-electron chi connectivity index (χ1n) is 6.00. The van der Waals surface area contributed by atoms with Crippen molar-refractivity contribution in [2.45, 2.75) is 25.4 Å². The summed E-state index contributed by atoms with van der Waals surface area (Å²) in [6, 6.07) is 8.47. The van der Waals surface area contributed by atoms with E-state index < -0.39 is 0 Å². The van der Waals surface area contributed by atoms with E-state index in [0.717, 1.165) is 28.9 Å². The topological polar surface area (TPSA) is 43.1 Å². The maximum Gasteiger partial charge on any atom is 0.212 e. The number of aryl methyl sites for hydroxylation is 2. The number of nitrogens with zero attached hydrogens (tertiary/aromatic N) is 4. The molecule has 2 heterocycles. The lowest BCUT2D eigenvalue weighted by Gasteiger charge is -2.13. The summed E-state index contributed by atoms with van der Waals surface area (Å²) in [6.45, 7) is 4.16. The minimum Gasteiger partial charge on any atom is -0.191 e. The Morgan fingerprint density at radius 1 is 1.22 bits per heavy atom. The maximum atomic E-state index is 4.66.